The summed E-state index contributed by atoms with van der Waals surface area (Å²) >= 11 is 3.06. The zero-order valence-electron chi connectivity index (χ0n) is 8.77. The van der Waals surface area contributed by atoms with E-state index in [1.807, 2.05) is 0 Å². The van der Waals surface area contributed by atoms with Gasteiger partial charge in [0.2, 0.25) is 0 Å². The Bertz CT molecular complexity index is 522. The highest BCUT2D eigenvalue weighted by Gasteiger charge is 2.27. The average molecular weight is 299 g/mol. The molecule has 0 aromatic heterocycles. The van der Waals surface area contributed by atoms with Crippen molar-refractivity contribution in [2.45, 2.75) is 6.92 Å². The number of halogens is 1. The van der Waals surface area contributed by atoms with E-state index in [4.69, 9.17) is 10.00 Å². The molecule has 6 nitrogen and oxygen atoms in total. The standard InChI is InChI=1S/C10H7BrN2O4/c1-2-17-10(14)9-6(5-12)7(11)3-4-8(9)13(15)16/h3-4H,2H2,1H3. The third-order valence-electron chi connectivity index (χ3n) is 1.92. The summed E-state index contributed by atoms with van der Waals surface area (Å²) in [6, 6.07) is 4.24. The van der Waals surface area contributed by atoms with E-state index in [2.05, 4.69) is 15.9 Å². The van der Waals surface area contributed by atoms with Crippen molar-refractivity contribution in [1.29, 1.82) is 5.26 Å². The lowest BCUT2D eigenvalue weighted by molar-refractivity contribution is -0.385. The van der Waals surface area contributed by atoms with Crippen LogP contribution in [-0.4, -0.2) is 17.5 Å². The number of nitrogens with zero attached hydrogens (tertiary/aromatic N) is 2. The largest absolute Gasteiger partial charge is 0.462 e. The fourth-order valence-corrected chi connectivity index (χ4v) is 1.66. The van der Waals surface area contributed by atoms with Crippen molar-refractivity contribution >= 4 is 27.6 Å². The predicted molar refractivity (Wildman–Crippen MR) is 61.5 cm³/mol. The highest BCUT2D eigenvalue weighted by molar-refractivity contribution is 9.10. The number of hydrogen-bond donors (Lipinski definition) is 0. The second-order valence-corrected chi connectivity index (χ2v) is 3.76. The van der Waals surface area contributed by atoms with Gasteiger partial charge >= 0.3 is 5.97 Å². The molecule has 0 spiro atoms. The highest BCUT2D eigenvalue weighted by Crippen LogP contribution is 2.29. The minimum absolute atomic E-state index is 0.0768. The van der Waals surface area contributed by atoms with Crippen LogP contribution in [0.15, 0.2) is 16.6 Å². The Morgan fingerprint density at radius 1 is 1.65 bits per heavy atom. The van der Waals surface area contributed by atoms with E-state index in [-0.39, 0.29) is 17.7 Å². The molecule has 0 amide bonds. The smallest absolute Gasteiger partial charge is 0.346 e. The van der Waals surface area contributed by atoms with Crippen LogP contribution in [0.4, 0.5) is 5.69 Å². The normalized spacial score (nSPS) is 9.47. The van der Waals surface area contributed by atoms with Gasteiger partial charge in [-0.2, -0.15) is 5.26 Å². The molecule has 0 aliphatic rings. The molecule has 0 heterocycles. The van der Waals surface area contributed by atoms with E-state index in [0.29, 0.717) is 4.47 Å². The molecule has 0 aliphatic heterocycles. The van der Waals surface area contributed by atoms with Crippen molar-refractivity contribution in [2.75, 3.05) is 6.61 Å². The zero-order valence-corrected chi connectivity index (χ0v) is 10.4. The Balaban J connectivity index is 3.51. The second kappa shape index (κ2) is 5.41. The summed E-state index contributed by atoms with van der Waals surface area (Å²) in [5.74, 6) is -0.878. The van der Waals surface area contributed by atoms with Gasteiger partial charge < -0.3 is 4.74 Å². The molecule has 1 aromatic rings. The molecule has 0 unspecified atom stereocenters. The first kappa shape index (κ1) is 13.1. The Morgan fingerprint density at radius 3 is 2.76 bits per heavy atom. The van der Waals surface area contributed by atoms with E-state index in [1.165, 1.54) is 6.07 Å². The lowest BCUT2D eigenvalue weighted by atomic mass is 10.1. The first-order valence-corrected chi connectivity index (χ1v) is 5.36. The van der Waals surface area contributed by atoms with Crippen LogP contribution >= 0.6 is 15.9 Å². The molecule has 1 aromatic carbocycles. The maximum absolute atomic E-state index is 11.6. The summed E-state index contributed by atoms with van der Waals surface area (Å²) in [4.78, 5) is 21.7. The molecular weight excluding hydrogens is 292 g/mol. The molecule has 17 heavy (non-hydrogen) atoms. The molecule has 0 atom stereocenters. The van der Waals surface area contributed by atoms with Crippen LogP contribution < -0.4 is 0 Å². The molecule has 1 rings (SSSR count). The van der Waals surface area contributed by atoms with Crippen molar-refractivity contribution in [3.05, 3.63) is 37.8 Å². The van der Waals surface area contributed by atoms with Gasteiger partial charge in [-0.25, -0.2) is 4.79 Å². The van der Waals surface area contributed by atoms with E-state index >= 15 is 0 Å². The quantitative estimate of drug-likeness (QED) is 0.485. The molecule has 0 bridgehead atoms. The first-order valence-electron chi connectivity index (χ1n) is 4.57. The van der Waals surface area contributed by atoms with Crippen LogP contribution in [0.25, 0.3) is 0 Å². The highest BCUT2D eigenvalue weighted by atomic mass is 79.9. The molecule has 0 N–H and O–H groups in total. The predicted octanol–water partition coefficient (Wildman–Crippen LogP) is 2.41. The summed E-state index contributed by atoms with van der Waals surface area (Å²) in [6.45, 7) is 1.65. The van der Waals surface area contributed by atoms with E-state index in [1.54, 1.807) is 13.0 Å². The molecule has 0 saturated heterocycles. The van der Waals surface area contributed by atoms with E-state index < -0.39 is 16.6 Å². The van der Waals surface area contributed by atoms with Gasteiger partial charge in [0.1, 0.15) is 6.07 Å². The van der Waals surface area contributed by atoms with Gasteiger partial charge in [-0.3, -0.25) is 10.1 Å². The lowest BCUT2D eigenvalue weighted by Gasteiger charge is -2.05. The van der Waals surface area contributed by atoms with E-state index in [9.17, 15) is 14.9 Å². The number of nitro benzene ring substituents is 1. The lowest BCUT2D eigenvalue weighted by Crippen LogP contribution is -2.10. The van der Waals surface area contributed by atoms with Crippen molar-refractivity contribution in [2.24, 2.45) is 0 Å². The molecule has 0 saturated carbocycles. The van der Waals surface area contributed by atoms with Crippen LogP contribution in [0.2, 0.25) is 0 Å². The third kappa shape index (κ3) is 2.60. The molecule has 7 heteroatoms. The Labute approximate surface area is 105 Å². The summed E-state index contributed by atoms with van der Waals surface area (Å²) < 4.78 is 5.01. The van der Waals surface area contributed by atoms with Gasteiger partial charge in [0.05, 0.1) is 17.1 Å². The number of ether oxygens (including phenoxy) is 1. The van der Waals surface area contributed by atoms with Crippen molar-refractivity contribution in [1.82, 2.24) is 0 Å². The van der Waals surface area contributed by atoms with Crippen LogP contribution in [-0.2, 0) is 4.74 Å². The molecule has 0 radical (unpaired) electrons. The second-order valence-electron chi connectivity index (χ2n) is 2.91. The van der Waals surface area contributed by atoms with Crippen molar-refractivity contribution in [3.63, 3.8) is 0 Å². The maximum atomic E-state index is 11.6. The number of carbonyl (C=O) groups is 1. The van der Waals surface area contributed by atoms with Crippen LogP contribution in [0.1, 0.15) is 22.8 Å². The monoisotopic (exact) mass is 298 g/mol. The number of nitro groups is 1. The summed E-state index contributed by atoms with van der Waals surface area (Å²) in [7, 11) is 0. The zero-order chi connectivity index (χ0) is 13.0. The topological polar surface area (TPSA) is 93.2 Å². The number of carbonyl (C=O) groups excluding carboxylic acids is 1. The van der Waals surface area contributed by atoms with Crippen LogP contribution in [0.5, 0.6) is 0 Å². The van der Waals surface area contributed by atoms with Gasteiger partial charge in [-0.15, -0.1) is 0 Å². The fourth-order valence-electron chi connectivity index (χ4n) is 1.24. The maximum Gasteiger partial charge on any atom is 0.346 e. The Hall–Kier alpha value is -1.94. The molecule has 0 fully saturated rings. The van der Waals surface area contributed by atoms with Gasteiger partial charge in [0.15, 0.2) is 5.56 Å². The summed E-state index contributed by atoms with van der Waals surface area (Å²) in [5, 5.41) is 19.7. The van der Waals surface area contributed by atoms with Crippen LogP contribution in [0, 0.1) is 21.4 Å². The van der Waals surface area contributed by atoms with Crippen LogP contribution in [0.3, 0.4) is 0 Å². The fraction of sp³-hybridized carbons (Fsp3) is 0.200. The van der Waals surface area contributed by atoms with Gasteiger partial charge in [0.25, 0.3) is 5.69 Å². The Morgan fingerprint density at radius 2 is 2.29 bits per heavy atom. The summed E-state index contributed by atoms with van der Waals surface area (Å²) in [6.07, 6.45) is 0. The van der Waals surface area contributed by atoms with Gasteiger partial charge in [-0.1, -0.05) is 0 Å². The molecule has 88 valence electrons. The minimum atomic E-state index is -0.878. The number of hydrogen-bond acceptors (Lipinski definition) is 5. The molecule has 0 aliphatic carbocycles. The van der Waals surface area contributed by atoms with Crippen molar-refractivity contribution in [3.8, 4) is 6.07 Å². The molecular formula is C10H7BrN2O4. The minimum Gasteiger partial charge on any atom is -0.462 e. The first-order chi connectivity index (χ1) is 8.02. The number of esters is 1. The number of rotatable bonds is 3. The van der Waals surface area contributed by atoms with E-state index in [0.717, 1.165) is 6.07 Å². The SMILES string of the molecule is CCOC(=O)c1c([N+](=O)[O-])ccc(Br)c1C#N. The third-order valence-corrected chi connectivity index (χ3v) is 2.58. The number of benzene rings is 1. The number of nitriles is 1. The average Bonchev–Trinajstić information content (AvgIpc) is 2.28. The van der Waals surface area contributed by atoms with Gasteiger partial charge in [-0.05, 0) is 28.9 Å². The van der Waals surface area contributed by atoms with Crippen molar-refractivity contribution < 1.29 is 14.5 Å². The Kier molecular flexibility index (Phi) is 4.17. The summed E-state index contributed by atoms with van der Waals surface area (Å²) in [5.41, 5.74) is -0.866. The van der Waals surface area contributed by atoms with Gasteiger partial charge in [0, 0.05) is 10.5 Å².